The van der Waals surface area contributed by atoms with Crippen molar-refractivity contribution < 1.29 is 29.4 Å². The molecule has 6 atom stereocenters. The van der Waals surface area contributed by atoms with Crippen molar-refractivity contribution in [3.05, 3.63) is 132 Å². The lowest BCUT2D eigenvalue weighted by Gasteiger charge is -2.38. The summed E-state index contributed by atoms with van der Waals surface area (Å²) in [5, 5.41) is 35.7. The maximum absolute atomic E-state index is 14.5. The molecule has 0 bridgehead atoms. The molecule has 0 radical (unpaired) electrons. The molecule has 2 heterocycles. The number of benzene rings is 4. The number of nitrogens with zero attached hydrogens (tertiary/aromatic N) is 2. The highest BCUT2D eigenvalue weighted by atomic mass is 16.3. The minimum absolute atomic E-state index is 0.0838. The van der Waals surface area contributed by atoms with Crippen molar-refractivity contribution in [1.29, 1.82) is 0 Å². The van der Waals surface area contributed by atoms with Gasteiger partial charge in [-0.2, -0.15) is 0 Å². The third kappa shape index (κ3) is 13.3. The average molecular weight is 885 g/mol. The number of hydrogen-bond donors (Lipinski definition) is 8. The van der Waals surface area contributed by atoms with Gasteiger partial charge in [-0.15, -0.1) is 0 Å². The predicted molar refractivity (Wildman–Crippen MR) is 252 cm³/mol. The molecule has 0 saturated heterocycles. The van der Waals surface area contributed by atoms with E-state index < -0.39 is 65.4 Å². The molecule has 0 spiro atoms. The lowest BCUT2D eigenvalue weighted by Crippen LogP contribution is -2.61. The van der Waals surface area contributed by atoms with Gasteiger partial charge in [0.1, 0.15) is 23.7 Å². The van der Waals surface area contributed by atoms with Gasteiger partial charge in [0.25, 0.3) is 0 Å². The highest BCUT2D eigenvalue weighted by molar-refractivity contribution is 5.89. The second kappa shape index (κ2) is 21.5. The Hall–Kier alpha value is -6.38. The van der Waals surface area contributed by atoms with Gasteiger partial charge >= 0.3 is 0 Å². The lowest BCUT2D eigenvalue weighted by atomic mass is 9.82. The Balaban J connectivity index is 1.21. The summed E-state index contributed by atoms with van der Waals surface area (Å²) in [5.41, 5.74) is 3.54. The van der Waals surface area contributed by atoms with Gasteiger partial charge in [0.05, 0.1) is 40.8 Å². The van der Waals surface area contributed by atoms with E-state index in [1.165, 1.54) is 0 Å². The molecule has 0 unspecified atom stereocenters. The first-order chi connectivity index (χ1) is 31.0. The van der Waals surface area contributed by atoms with Crippen molar-refractivity contribution in [2.45, 2.75) is 110 Å². The van der Waals surface area contributed by atoms with Crippen molar-refractivity contribution in [3.63, 3.8) is 0 Å². The molecule has 0 fully saturated rings. The van der Waals surface area contributed by atoms with Crippen molar-refractivity contribution in [2.24, 2.45) is 16.7 Å². The minimum Gasteiger partial charge on any atom is -0.396 e. The molecule has 0 aliphatic heterocycles. The zero-order chi connectivity index (χ0) is 46.7. The van der Waals surface area contributed by atoms with Crippen molar-refractivity contribution in [3.8, 4) is 0 Å². The van der Waals surface area contributed by atoms with E-state index in [4.69, 9.17) is 0 Å². The van der Waals surface area contributed by atoms with E-state index >= 15 is 0 Å². The van der Waals surface area contributed by atoms with Crippen LogP contribution in [0.4, 0.5) is 0 Å². The van der Waals surface area contributed by atoms with E-state index in [0.29, 0.717) is 24.5 Å². The van der Waals surface area contributed by atoms with Gasteiger partial charge in [0.15, 0.2) is 0 Å². The van der Waals surface area contributed by atoms with Crippen molar-refractivity contribution in [2.75, 3.05) is 6.61 Å². The molecular weight excluding hydrogens is 821 g/mol. The van der Waals surface area contributed by atoms with E-state index in [2.05, 4.69) is 41.2 Å². The maximum Gasteiger partial charge on any atom is 0.243 e. The smallest absolute Gasteiger partial charge is 0.243 e. The Labute approximate surface area is 380 Å². The van der Waals surface area contributed by atoms with Crippen LogP contribution in [0.15, 0.2) is 109 Å². The molecule has 344 valence electrons. The fraction of sp³-hybridized carbons (Fsp3) is 0.412. The van der Waals surface area contributed by atoms with E-state index in [1.54, 1.807) is 0 Å². The zero-order valence-corrected chi connectivity index (χ0v) is 38.2. The van der Waals surface area contributed by atoms with Gasteiger partial charge in [-0.1, -0.05) is 126 Å². The van der Waals surface area contributed by atoms with E-state index in [0.717, 1.165) is 33.2 Å². The van der Waals surface area contributed by atoms with Crippen LogP contribution in [0.1, 0.15) is 77.2 Å². The Morgan fingerprint density at radius 3 is 1.34 bits per heavy atom. The normalized spacial score (nSPS) is 14.8. The Kier molecular flexibility index (Phi) is 15.9. The van der Waals surface area contributed by atoms with Crippen LogP contribution in [0.5, 0.6) is 0 Å². The number of aliphatic hydroxyl groups is 2. The monoisotopic (exact) mass is 884 g/mol. The van der Waals surface area contributed by atoms with Gasteiger partial charge in [-0.25, -0.2) is 9.97 Å². The molecule has 4 amide bonds. The Bertz CT molecular complexity index is 2440. The molecule has 0 aliphatic carbocycles. The molecule has 14 heteroatoms. The van der Waals surface area contributed by atoms with Crippen LogP contribution >= 0.6 is 0 Å². The summed E-state index contributed by atoms with van der Waals surface area (Å²) >= 11 is 0. The van der Waals surface area contributed by atoms with Crippen molar-refractivity contribution in [1.82, 2.24) is 41.2 Å². The maximum atomic E-state index is 14.5. The standard InChI is InChI=1S/C51H64N8O6/c1-50(2,3)46(58-43(61)27-25-41-52-35-21-13-14-22-36(35)53-41)48(64)56-39(29-32-17-9-7-10-18-32)34(31-60)45(63)40(30-33-19-11-8-12-20-33)57-49(65)47(51(4,5)6)59-44(62)28-26-42-54-37-23-15-16-24-38(37)55-42/h7-24,34,39-40,45-47,60,63H,25-31H2,1-6H3,(H,52,53)(H,54,55)(H,56,64)(H,57,65)(H,58,61)(H,59,62)/t34-,39-,40-,45+,46+,47+/m0/s1. The first-order valence-electron chi connectivity index (χ1n) is 22.4. The number of amides is 4. The second-order valence-electron chi connectivity index (χ2n) is 19.1. The number of aromatic amines is 2. The fourth-order valence-electron chi connectivity index (χ4n) is 8.14. The van der Waals surface area contributed by atoms with E-state index in [-0.39, 0.29) is 37.5 Å². The number of imidazole rings is 2. The van der Waals surface area contributed by atoms with Crippen molar-refractivity contribution >= 4 is 45.7 Å². The number of para-hydroxylation sites is 4. The average Bonchev–Trinajstić information content (AvgIpc) is 3.89. The fourth-order valence-corrected chi connectivity index (χ4v) is 8.14. The number of carbonyl (C=O) groups excluding carboxylic acids is 4. The first kappa shape index (κ1) is 48.1. The SMILES string of the molecule is CC(C)(C)[C@H](NC(=O)CCc1nc2ccccc2[nH]1)C(=O)N[C@@H](Cc1ccccc1)[C@H](O)[C@@H](CO)[C@H](Cc1ccccc1)NC(=O)[C@@H](NC(=O)CCc1nc2ccccc2[nH]1)C(C)(C)C. The molecule has 6 aromatic rings. The minimum atomic E-state index is -1.39. The number of nitrogens with one attached hydrogen (secondary N) is 6. The van der Waals surface area contributed by atoms with Gasteiger partial charge in [-0.3, -0.25) is 19.2 Å². The highest BCUT2D eigenvalue weighted by Gasteiger charge is 2.41. The van der Waals surface area contributed by atoms with Crippen LogP contribution in [0.25, 0.3) is 22.1 Å². The van der Waals surface area contributed by atoms with E-state index in [1.807, 2.05) is 151 Å². The summed E-state index contributed by atoms with van der Waals surface area (Å²) in [6, 6.07) is 30.2. The molecule has 14 nitrogen and oxygen atoms in total. The lowest BCUT2D eigenvalue weighted by molar-refractivity contribution is -0.134. The summed E-state index contributed by atoms with van der Waals surface area (Å²) in [5.74, 6) is -1.34. The molecule has 8 N–H and O–H groups in total. The van der Waals surface area contributed by atoms with Crippen LogP contribution in [0.3, 0.4) is 0 Å². The quantitative estimate of drug-likeness (QED) is 0.0490. The Morgan fingerprint density at radius 2 is 0.938 bits per heavy atom. The number of fused-ring (bicyclic) bond motifs is 2. The summed E-state index contributed by atoms with van der Waals surface area (Å²) < 4.78 is 0. The molecule has 65 heavy (non-hydrogen) atoms. The molecule has 2 aromatic heterocycles. The van der Waals surface area contributed by atoms with Crippen LogP contribution in [0, 0.1) is 16.7 Å². The third-order valence-corrected chi connectivity index (χ3v) is 11.8. The summed E-state index contributed by atoms with van der Waals surface area (Å²) in [7, 11) is 0. The van der Waals surface area contributed by atoms with Gasteiger partial charge in [-0.05, 0) is 59.1 Å². The van der Waals surface area contributed by atoms with Crippen LogP contribution < -0.4 is 21.3 Å². The topological polar surface area (TPSA) is 214 Å². The first-order valence-corrected chi connectivity index (χ1v) is 22.4. The number of aryl methyl sites for hydroxylation is 2. The number of H-pyrrole nitrogens is 2. The summed E-state index contributed by atoms with van der Waals surface area (Å²) in [4.78, 5) is 71.5. The summed E-state index contributed by atoms with van der Waals surface area (Å²) in [6.45, 7) is 10.6. The third-order valence-electron chi connectivity index (χ3n) is 11.8. The number of hydrogen-bond acceptors (Lipinski definition) is 8. The van der Waals surface area contributed by atoms with Crippen LogP contribution in [-0.4, -0.2) is 90.7 Å². The molecular formula is C51H64N8O6. The summed E-state index contributed by atoms with van der Waals surface area (Å²) in [6.07, 6.45) is -0.144. The zero-order valence-electron chi connectivity index (χ0n) is 38.2. The molecule has 4 aromatic carbocycles. The largest absolute Gasteiger partial charge is 0.396 e. The highest BCUT2D eigenvalue weighted by Crippen LogP contribution is 2.25. The van der Waals surface area contributed by atoms with Gasteiger partial charge in [0.2, 0.25) is 23.6 Å². The predicted octanol–water partition coefficient (Wildman–Crippen LogP) is 5.49. The Morgan fingerprint density at radius 1 is 0.554 bits per heavy atom. The molecule has 6 rings (SSSR count). The molecule has 0 aliphatic rings. The van der Waals surface area contributed by atoms with Crippen LogP contribution in [-0.2, 0) is 44.9 Å². The number of rotatable bonds is 20. The van der Waals surface area contributed by atoms with Gasteiger partial charge in [0, 0.05) is 37.6 Å². The van der Waals surface area contributed by atoms with Gasteiger partial charge < -0.3 is 41.4 Å². The van der Waals surface area contributed by atoms with Crippen LogP contribution in [0.2, 0.25) is 0 Å². The second-order valence-corrected chi connectivity index (χ2v) is 19.1. The van der Waals surface area contributed by atoms with E-state index in [9.17, 15) is 29.4 Å². The number of carbonyl (C=O) groups is 4. The number of aliphatic hydroxyl groups excluding tert-OH is 2. The number of aromatic nitrogens is 4. The molecule has 0 saturated carbocycles.